The van der Waals surface area contributed by atoms with Crippen LogP contribution in [0.5, 0.6) is 0 Å². The minimum absolute atomic E-state index is 1.21. The Kier molecular flexibility index (Phi) is 13.0. The fourth-order valence-corrected chi connectivity index (χ4v) is 6.72. The van der Waals surface area contributed by atoms with Crippen LogP contribution in [0.1, 0.15) is 27.7 Å². The highest BCUT2D eigenvalue weighted by molar-refractivity contribution is 7.81. The van der Waals surface area contributed by atoms with Gasteiger partial charge in [0.15, 0.2) is 37.4 Å². The Morgan fingerprint density at radius 2 is 0.755 bits per heavy atom. The molecule has 0 aliphatic carbocycles. The van der Waals surface area contributed by atoms with E-state index >= 15 is 0 Å². The second-order valence-electron chi connectivity index (χ2n) is 12.1. The van der Waals surface area contributed by atoms with Crippen LogP contribution in [-0.2, 0) is 62.3 Å². The van der Waals surface area contributed by atoms with Crippen molar-refractivity contribution in [1.82, 2.24) is 0 Å². The molecule has 0 radical (unpaired) electrons. The van der Waals surface area contributed by atoms with Gasteiger partial charge in [0.1, 0.15) is 61.0 Å². The molecule has 4 rings (SSSR count). The standard InChI is InChI=1S/C24H42O23S2/c1-5-9(25)13(29)18(46-48(33,34)35)23(41-5)43-16-11(27)8(4)40-22(15(16)31)44-17-12(28)7(3)39-21(32)20(17)45-24-19(47-49(36,37)38)14(30)10(26)6(2)42-24/h5-32H,1-4H3,(H,33,34,35)(H,36,37,38)/t5-,6-,7-,8-,9+,10+,11+,12+,13+,14+,15-,16+,17+,18-,19-,20-,21+,22-,23-,24-/m0/s1. The molecule has 0 spiro atoms. The summed E-state index contributed by atoms with van der Waals surface area (Å²) in [6.45, 7) is 5.11. The summed E-state index contributed by atoms with van der Waals surface area (Å²) in [5.74, 6) is 0. The van der Waals surface area contributed by atoms with Crippen LogP contribution in [0.25, 0.3) is 0 Å². The Morgan fingerprint density at radius 3 is 1.20 bits per heavy atom. The summed E-state index contributed by atoms with van der Waals surface area (Å²) in [6, 6.07) is 0. The van der Waals surface area contributed by atoms with Crippen LogP contribution in [0.3, 0.4) is 0 Å². The lowest BCUT2D eigenvalue weighted by Gasteiger charge is -2.49. The summed E-state index contributed by atoms with van der Waals surface area (Å²) in [4.78, 5) is 0. The van der Waals surface area contributed by atoms with E-state index in [4.69, 9.17) is 33.2 Å². The summed E-state index contributed by atoms with van der Waals surface area (Å²) in [5, 5.41) is 85.1. The predicted octanol–water partition coefficient (Wildman–Crippen LogP) is -5.98. The third kappa shape index (κ3) is 9.39. The molecule has 20 atom stereocenters. The van der Waals surface area contributed by atoms with Crippen molar-refractivity contribution >= 4 is 20.8 Å². The molecular weight excluding hydrogens is 720 g/mol. The molecule has 0 bridgehead atoms. The van der Waals surface area contributed by atoms with Crippen LogP contribution in [-0.4, -0.2) is 190 Å². The molecule has 0 unspecified atom stereocenters. The molecule has 0 aromatic rings. The lowest BCUT2D eigenvalue weighted by Crippen LogP contribution is -2.67. The molecule has 49 heavy (non-hydrogen) atoms. The van der Waals surface area contributed by atoms with Gasteiger partial charge in [-0.2, -0.15) is 16.8 Å². The number of hydrogen-bond acceptors (Lipinski definition) is 21. The van der Waals surface area contributed by atoms with Gasteiger partial charge in [-0.05, 0) is 27.7 Å². The van der Waals surface area contributed by atoms with Crippen molar-refractivity contribution in [3.05, 3.63) is 0 Å². The largest absolute Gasteiger partial charge is 0.397 e. The molecule has 4 aliphatic rings. The van der Waals surface area contributed by atoms with Gasteiger partial charge in [-0.25, -0.2) is 8.37 Å². The zero-order chi connectivity index (χ0) is 36.9. The van der Waals surface area contributed by atoms with E-state index in [1.165, 1.54) is 27.7 Å². The van der Waals surface area contributed by atoms with Gasteiger partial charge in [0.2, 0.25) is 0 Å². The smallest absolute Gasteiger partial charge is 0.388 e. The summed E-state index contributed by atoms with van der Waals surface area (Å²) in [6.07, 6.45) is -35.6. The number of aliphatic hydroxyl groups excluding tert-OH is 8. The quantitative estimate of drug-likeness (QED) is 0.0926. The molecule has 10 N–H and O–H groups in total. The topological polar surface area (TPSA) is 354 Å². The maximum Gasteiger partial charge on any atom is 0.397 e. The monoisotopic (exact) mass is 762 g/mol. The van der Waals surface area contributed by atoms with Gasteiger partial charge in [-0.1, -0.05) is 0 Å². The molecule has 288 valence electrons. The van der Waals surface area contributed by atoms with Crippen molar-refractivity contribution < 1.29 is 108 Å². The molecule has 25 heteroatoms. The maximum atomic E-state index is 11.5. The van der Waals surface area contributed by atoms with E-state index in [-0.39, 0.29) is 0 Å². The van der Waals surface area contributed by atoms with E-state index in [9.17, 15) is 66.8 Å². The van der Waals surface area contributed by atoms with Gasteiger partial charge < -0.3 is 74.0 Å². The molecule has 0 aromatic heterocycles. The molecule has 4 fully saturated rings. The number of rotatable bonds is 10. The van der Waals surface area contributed by atoms with Crippen LogP contribution in [0.15, 0.2) is 0 Å². The van der Waals surface area contributed by atoms with Gasteiger partial charge in [-0.3, -0.25) is 9.11 Å². The summed E-state index contributed by atoms with van der Waals surface area (Å²) in [5.41, 5.74) is 0. The first kappa shape index (κ1) is 40.9. The SMILES string of the molecule is C[C@@H]1O[C@@H](O[C@H]2[C@H](O)[C@H](O[C@@H]3[C@H](O)[C@H](C)O[C@@H](O)[C@H]3O[C@@H]3O[C@@H](C)[C@@H](O)[C@@H](O)[C@@H]3OS(=O)(=O)O)O[C@@H](C)[C@H]2O)[C@@H](OS(=O)(=O)O)[C@H](O)[C@@H]1O. The molecule has 4 aliphatic heterocycles. The molecule has 0 amide bonds. The summed E-state index contributed by atoms with van der Waals surface area (Å²) < 4.78 is 112. The summed E-state index contributed by atoms with van der Waals surface area (Å²) >= 11 is 0. The Bertz CT molecular complexity index is 1320. The fraction of sp³-hybridized carbons (Fsp3) is 1.00. The zero-order valence-corrected chi connectivity index (χ0v) is 27.8. The van der Waals surface area contributed by atoms with Crippen molar-refractivity contribution in [2.24, 2.45) is 0 Å². The normalized spacial score (nSPS) is 50.2. The Balaban J connectivity index is 1.59. The zero-order valence-electron chi connectivity index (χ0n) is 26.1. The highest BCUT2D eigenvalue weighted by atomic mass is 32.3. The van der Waals surface area contributed by atoms with Crippen molar-refractivity contribution in [2.75, 3.05) is 0 Å². The van der Waals surface area contributed by atoms with E-state index in [1.54, 1.807) is 0 Å². The van der Waals surface area contributed by atoms with Gasteiger partial charge in [0.25, 0.3) is 0 Å². The van der Waals surface area contributed by atoms with E-state index in [2.05, 4.69) is 8.37 Å². The highest BCUT2D eigenvalue weighted by Gasteiger charge is 2.55. The first-order valence-electron chi connectivity index (χ1n) is 14.8. The molecule has 0 aromatic carbocycles. The van der Waals surface area contributed by atoms with Crippen LogP contribution >= 0.6 is 0 Å². The third-order valence-electron chi connectivity index (χ3n) is 8.47. The van der Waals surface area contributed by atoms with Gasteiger partial charge >= 0.3 is 20.8 Å². The Hall–Kier alpha value is -0.860. The minimum atomic E-state index is -5.29. The Morgan fingerprint density at radius 1 is 0.408 bits per heavy atom. The average Bonchev–Trinajstić information content (AvgIpc) is 2.98. The lowest BCUT2D eigenvalue weighted by molar-refractivity contribution is -0.389. The van der Waals surface area contributed by atoms with E-state index in [0.717, 1.165) is 0 Å². The maximum absolute atomic E-state index is 11.5. The molecular formula is C24H42O23S2. The van der Waals surface area contributed by atoms with Crippen molar-refractivity contribution in [1.29, 1.82) is 0 Å². The molecule has 4 saturated heterocycles. The van der Waals surface area contributed by atoms with Crippen molar-refractivity contribution in [3.8, 4) is 0 Å². The van der Waals surface area contributed by atoms with Gasteiger partial charge in [-0.15, -0.1) is 0 Å². The Labute approximate surface area is 279 Å². The first-order chi connectivity index (χ1) is 22.5. The van der Waals surface area contributed by atoms with E-state index < -0.39 is 144 Å². The fourth-order valence-electron chi connectivity index (χ4n) is 5.75. The highest BCUT2D eigenvalue weighted by Crippen LogP contribution is 2.35. The minimum Gasteiger partial charge on any atom is -0.388 e. The van der Waals surface area contributed by atoms with Crippen molar-refractivity contribution in [3.63, 3.8) is 0 Å². The molecule has 4 heterocycles. The number of aliphatic hydroxyl groups is 8. The van der Waals surface area contributed by atoms with Crippen LogP contribution in [0, 0.1) is 0 Å². The predicted molar refractivity (Wildman–Crippen MR) is 149 cm³/mol. The van der Waals surface area contributed by atoms with Crippen LogP contribution < -0.4 is 0 Å². The first-order valence-corrected chi connectivity index (χ1v) is 17.6. The second-order valence-corrected chi connectivity index (χ2v) is 14.2. The number of ether oxygens (including phenoxy) is 7. The van der Waals surface area contributed by atoms with Gasteiger partial charge in [0, 0.05) is 0 Å². The number of hydrogen-bond donors (Lipinski definition) is 10. The van der Waals surface area contributed by atoms with Crippen LogP contribution in [0.4, 0.5) is 0 Å². The van der Waals surface area contributed by atoms with Gasteiger partial charge in [0.05, 0.1) is 24.4 Å². The average molecular weight is 763 g/mol. The molecule has 0 saturated carbocycles. The van der Waals surface area contributed by atoms with Crippen molar-refractivity contribution in [2.45, 2.75) is 151 Å². The summed E-state index contributed by atoms with van der Waals surface area (Å²) in [7, 11) is -10.6. The van der Waals surface area contributed by atoms with E-state index in [1.807, 2.05) is 0 Å². The second kappa shape index (κ2) is 15.6. The van der Waals surface area contributed by atoms with Crippen LogP contribution in [0.2, 0.25) is 0 Å². The third-order valence-corrected chi connectivity index (χ3v) is 9.40. The van der Waals surface area contributed by atoms with E-state index in [0.29, 0.717) is 0 Å². The lowest BCUT2D eigenvalue weighted by atomic mass is 9.96. The molecule has 23 nitrogen and oxygen atoms in total.